The van der Waals surface area contributed by atoms with E-state index < -0.39 is 24.1 Å². The fourth-order valence-corrected chi connectivity index (χ4v) is 2.92. The van der Waals surface area contributed by atoms with Crippen LogP contribution in [-0.2, 0) is 4.79 Å². The fraction of sp³-hybridized carbons (Fsp3) is 0.357. The highest BCUT2D eigenvalue weighted by molar-refractivity contribution is 6.36. The van der Waals surface area contributed by atoms with E-state index in [1.807, 2.05) is 6.07 Å². The van der Waals surface area contributed by atoms with E-state index in [1.54, 1.807) is 6.92 Å². The molecule has 2 radical (unpaired) electrons. The zero-order chi connectivity index (χ0) is 15.3. The van der Waals surface area contributed by atoms with Crippen molar-refractivity contribution in [3.8, 4) is 6.07 Å². The number of fused-ring (bicyclic) bond motifs is 1. The number of carbonyl (C=O) groups excluding carboxylic acids is 2. The Hall–Kier alpha value is -2.33. The van der Waals surface area contributed by atoms with Crippen molar-refractivity contribution >= 4 is 30.9 Å². The van der Waals surface area contributed by atoms with Gasteiger partial charge in [-0.05, 0) is 31.0 Å². The van der Waals surface area contributed by atoms with Gasteiger partial charge in [0.2, 0.25) is 0 Å². The van der Waals surface area contributed by atoms with Gasteiger partial charge in [0.05, 0.1) is 17.9 Å². The summed E-state index contributed by atoms with van der Waals surface area (Å²) < 4.78 is 0. The molecule has 0 aromatic heterocycles. The molecule has 0 saturated carbocycles. The van der Waals surface area contributed by atoms with Gasteiger partial charge in [-0.1, -0.05) is 5.46 Å². The average Bonchev–Trinajstić information content (AvgIpc) is 2.95. The van der Waals surface area contributed by atoms with Crippen molar-refractivity contribution in [3.05, 3.63) is 23.3 Å². The molecule has 3 amide bonds. The lowest BCUT2D eigenvalue weighted by atomic mass is 9.85. The van der Waals surface area contributed by atoms with E-state index in [9.17, 15) is 14.7 Å². The highest BCUT2D eigenvalue weighted by Crippen LogP contribution is 2.32. The van der Waals surface area contributed by atoms with Gasteiger partial charge in [0.25, 0.3) is 5.91 Å². The maximum Gasteiger partial charge on any atom is 0.332 e. The number of nitrogens with zero attached hydrogens (tertiary/aromatic N) is 3. The molecule has 2 aliphatic heterocycles. The van der Waals surface area contributed by atoms with E-state index in [1.165, 1.54) is 17.0 Å². The van der Waals surface area contributed by atoms with E-state index in [2.05, 4.69) is 0 Å². The standard InChI is InChI=1S/C14H12BN3O3/c1-7-9(3-2-8(6-16)11(7)15)18-13(20)12-10(19)4-5-17(12)14(18)21/h2-3,10,12,19H,4-5H2,1H3/t10-,12+/m1/s1. The summed E-state index contributed by atoms with van der Waals surface area (Å²) in [6.45, 7) is 2.02. The molecule has 0 aliphatic carbocycles. The lowest BCUT2D eigenvalue weighted by Gasteiger charge is -2.19. The Morgan fingerprint density at radius 3 is 2.76 bits per heavy atom. The summed E-state index contributed by atoms with van der Waals surface area (Å²) in [5.74, 6) is -0.447. The number of hydrogen-bond donors (Lipinski definition) is 1. The average molecular weight is 281 g/mol. The summed E-state index contributed by atoms with van der Waals surface area (Å²) in [5.41, 5.74) is 1.42. The van der Waals surface area contributed by atoms with Crippen molar-refractivity contribution < 1.29 is 14.7 Å². The van der Waals surface area contributed by atoms with Crippen LogP contribution in [0.5, 0.6) is 0 Å². The van der Waals surface area contributed by atoms with Crippen LogP contribution in [0.3, 0.4) is 0 Å². The zero-order valence-electron chi connectivity index (χ0n) is 11.4. The van der Waals surface area contributed by atoms with Gasteiger partial charge in [-0.2, -0.15) is 5.26 Å². The van der Waals surface area contributed by atoms with Crippen LogP contribution >= 0.6 is 0 Å². The highest BCUT2D eigenvalue weighted by atomic mass is 16.3. The first kappa shape index (κ1) is 13.6. The van der Waals surface area contributed by atoms with Crippen molar-refractivity contribution in [3.63, 3.8) is 0 Å². The molecule has 1 N–H and O–H groups in total. The molecule has 3 rings (SSSR count). The molecule has 2 aliphatic rings. The Labute approximate surface area is 123 Å². The first-order valence-corrected chi connectivity index (χ1v) is 6.59. The summed E-state index contributed by atoms with van der Waals surface area (Å²) in [4.78, 5) is 27.2. The predicted molar refractivity (Wildman–Crippen MR) is 75.3 cm³/mol. The number of carbonyl (C=O) groups is 2. The normalized spacial score (nSPS) is 24.4. The van der Waals surface area contributed by atoms with Gasteiger partial charge in [0, 0.05) is 12.1 Å². The van der Waals surface area contributed by atoms with E-state index in [-0.39, 0.29) is 5.46 Å². The smallest absolute Gasteiger partial charge is 0.332 e. The molecular weight excluding hydrogens is 269 g/mol. The quantitative estimate of drug-likeness (QED) is 0.558. The molecular formula is C14H12BN3O3. The molecule has 2 fully saturated rings. The molecule has 1 aromatic carbocycles. The largest absolute Gasteiger partial charge is 0.390 e. The second-order valence-electron chi connectivity index (χ2n) is 5.23. The van der Waals surface area contributed by atoms with Gasteiger partial charge < -0.3 is 10.0 Å². The number of amides is 3. The molecule has 21 heavy (non-hydrogen) atoms. The van der Waals surface area contributed by atoms with Gasteiger partial charge in [0.15, 0.2) is 0 Å². The van der Waals surface area contributed by atoms with E-state index in [0.717, 1.165) is 4.90 Å². The zero-order valence-corrected chi connectivity index (χ0v) is 11.4. The number of nitriles is 1. The van der Waals surface area contributed by atoms with Crippen LogP contribution in [0.4, 0.5) is 10.5 Å². The maximum absolute atomic E-state index is 12.4. The van der Waals surface area contributed by atoms with Gasteiger partial charge in [-0.15, -0.1) is 0 Å². The minimum Gasteiger partial charge on any atom is -0.390 e. The molecule has 2 heterocycles. The molecule has 6 nitrogen and oxygen atoms in total. The van der Waals surface area contributed by atoms with Crippen molar-refractivity contribution in [2.75, 3.05) is 11.4 Å². The van der Waals surface area contributed by atoms with Crippen molar-refractivity contribution in [1.82, 2.24) is 4.90 Å². The van der Waals surface area contributed by atoms with E-state index in [0.29, 0.717) is 29.8 Å². The van der Waals surface area contributed by atoms with Crippen LogP contribution in [0.2, 0.25) is 0 Å². The molecule has 0 spiro atoms. The Balaban J connectivity index is 2.07. The third kappa shape index (κ3) is 1.76. The number of urea groups is 1. The van der Waals surface area contributed by atoms with Crippen LogP contribution in [0.1, 0.15) is 17.5 Å². The van der Waals surface area contributed by atoms with Gasteiger partial charge >= 0.3 is 6.03 Å². The Bertz CT molecular complexity index is 697. The monoisotopic (exact) mass is 281 g/mol. The van der Waals surface area contributed by atoms with E-state index in [4.69, 9.17) is 13.1 Å². The first-order valence-electron chi connectivity index (χ1n) is 6.59. The summed E-state index contributed by atoms with van der Waals surface area (Å²) in [6, 6.07) is 3.72. The van der Waals surface area contributed by atoms with Crippen molar-refractivity contribution in [2.45, 2.75) is 25.5 Å². The molecule has 104 valence electrons. The number of hydrogen-bond acceptors (Lipinski definition) is 4. The predicted octanol–water partition coefficient (Wildman–Crippen LogP) is -0.438. The van der Waals surface area contributed by atoms with Crippen LogP contribution in [0.15, 0.2) is 12.1 Å². The first-order chi connectivity index (χ1) is 9.97. The van der Waals surface area contributed by atoms with Crippen LogP contribution in [0.25, 0.3) is 0 Å². The summed E-state index contributed by atoms with van der Waals surface area (Å²) >= 11 is 0. The Morgan fingerprint density at radius 2 is 2.14 bits per heavy atom. The summed E-state index contributed by atoms with van der Waals surface area (Å²) in [7, 11) is 5.86. The third-order valence-electron chi connectivity index (χ3n) is 4.12. The minimum atomic E-state index is -0.831. The summed E-state index contributed by atoms with van der Waals surface area (Å²) in [5, 5.41) is 18.8. The van der Waals surface area contributed by atoms with Crippen LogP contribution in [-0.4, -0.2) is 48.5 Å². The fourth-order valence-electron chi connectivity index (χ4n) is 2.92. The minimum absolute atomic E-state index is 0.253. The molecule has 0 unspecified atom stereocenters. The van der Waals surface area contributed by atoms with Gasteiger partial charge in [0.1, 0.15) is 13.9 Å². The van der Waals surface area contributed by atoms with E-state index >= 15 is 0 Å². The number of benzene rings is 1. The Kier molecular flexibility index (Phi) is 2.99. The molecule has 0 bridgehead atoms. The number of aliphatic hydroxyl groups is 1. The number of aliphatic hydroxyl groups excluding tert-OH is 1. The van der Waals surface area contributed by atoms with Crippen LogP contribution in [0, 0.1) is 18.3 Å². The number of rotatable bonds is 1. The van der Waals surface area contributed by atoms with Gasteiger partial charge in [-0.3, -0.25) is 4.79 Å². The number of anilines is 1. The van der Waals surface area contributed by atoms with Crippen molar-refractivity contribution in [2.24, 2.45) is 0 Å². The van der Waals surface area contributed by atoms with Crippen LogP contribution < -0.4 is 10.4 Å². The molecule has 7 heteroatoms. The van der Waals surface area contributed by atoms with Gasteiger partial charge in [-0.25, -0.2) is 9.69 Å². The second-order valence-corrected chi connectivity index (χ2v) is 5.23. The maximum atomic E-state index is 12.4. The Morgan fingerprint density at radius 1 is 1.43 bits per heavy atom. The topological polar surface area (TPSA) is 84.6 Å². The molecule has 2 saturated heterocycles. The third-order valence-corrected chi connectivity index (χ3v) is 4.12. The lowest BCUT2D eigenvalue weighted by molar-refractivity contribution is -0.121. The second kappa shape index (κ2) is 4.60. The summed E-state index contributed by atoms with van der Waals surface area (Å²) in [6.07, 6.45) is -0.424. The molecule has 2 atom stereocenters. The SMILES string of the molecule is [B]c1c(C#N)ccc(N2C(=O)[C@@H]3[C@H](O)CCN3C2=O)c1C. The van der Waals surface area contributed by atoms with Crippen molar-refractivity contribution in [1.29, 1.82) is 5.26 Å². The highest BCUT2D eigenvalue weighted by Gasteiger charge is 2.52. The molecule has 1 aromatic rings. The number of imide groups is 1. The lowest BCUT2D eigenvalue weighted by Crippen LogP contribution is -2.37.